The predicted octanol–water partition coefficient (Wildman–Crippen LogP) is 4.67. The largest absolute Gasteiger partial charge is 0.497 e. The van der Waals surface area contributed by atoms with Crippen molar-refractivity contribution in [2.45, 2.75) is 25.3 Å². The molecule has 0 saturated carbocycles. The van der Waals surface area contributed by atoms with Gasteiger partial charge in [0.2, 0.25) is 5.89 Å². The summed E-state index contributed by atoms with van der Waals surface area (Å²) >= 11 is 6.24. The molecule has 2 aromatic carbocycles. The van der Waals surface area contributed by atoms with Crippen molar-refractivity contribution in [3.05, 3.63) is 77.0 Å². The molecule has 0 aliphatic carbocycles. The molecule has 1 aromatic heterocycles. The molecule has 1 atom stereocenters. The first kappa shape index (κ1) is 20.3. The van der Waals surface area contributed by atoms with Crippen LogP contribution >= 0.6 is 11.6 Å². The number of ether oxygens (including phenoxy) is 2. The number of carbonyl (C=O) groups excluding carboxylic acids is 1. The molecule has 156 valence electrons. The lowest BCUT2D eigenvalue weighted by molar-refractivity contribution is -0.134. The number of methoxy groups -OCH3 is 1. The maximum Gasteiger partial charge on any atom is 0.261 e. The van der Waals surface area contributed by atoms with E-state index in [1.807, 2.05) is 24.3 Å². The van der Waals surface area contributed by atoms with E-state index in [0.717, 1.165) is 29.9 Å². The summed E-state index contributed by atoms with van der Waals surface area (Å²) in [6, 6.07) is 14.6. The topological polar surface area (TPSA) is 64.8 Å². The molecule has 4 rings (SSSR count). The van der Waals surface area contributed by atoms with E-state index in [2.05, 4.69) is 4.98 Å². The second kappa shape index (κ2) is 9.22. The van der Waals surface area contributed by atoms with Crippen LogP contribution in [0.15, 0.2) is 59.1 Å². The minimum atomic E-state index is -0.169. The zero-order valence-electron chi connectivity index (χ0n) is 16.7. The normalized spacial score (nSPS) is 15.9. The number of rotatable bonds is 7. The number of aromatic nitrogens is 1. The Balaban J connectivity index is 1.38. The lowest BCUT2D eigenvalue weighted by Gasteiger charge is -2.22. The van der Waals surface area contributed by atoms with Crippen LogP contribution in [0.4, 0.5) is 0 Å². The molecule has 3 aromatic rings. The van der Waals surface area contributed by atoms with Gasteiger partial charge in [-0.25, -0.2) is 4.98 Å². The summed E-state index contributed by atoms with van der Waals surface area (Å²) in [5.41, 5.74) is 0.981. The Hall–Kier alpha value is -2.99. The molecule has 2 heterocycles. The van der Waals surface area contributed by atoms with Gasteiger partial charge in [0.15, 0.2) is 6.61 Å². The summed E-state index contributed by atoms with van der Waals surface area (Å²) in [6.07, 6.45) is 4.00. The Morgan fingerprint density at radius 2 is 1.97 bits per heavy atom. The smallest absolute Gasteiger partial charge is 0.261 e. The number of halogens is 1. The van der Waals surface area contributed by atoms with Crippen LogP contribution in [0.3, 0.4) is 0 Å². The number of benzene rings is 2. The Bertz CT molecular complexity index is 1000. The highest BCUT2D eigenvalue weighted by Gasteiger charge is 2.33. The maximum atomic E-state index is 12.8. The van der Waals surface area contributed by atoms with Gasteiger partial charge in [0, 0.05) is 18.0 Å². The molecule has 0 radical (unpaired) electrons. The van der Waals surface area contributed by atoms with E-state index in [0.29, 0.717) is 29.6 Å². The number of oxazole rings is 1. The van der Waals surface area contributed by atoms with E-state index in [1.54, 1.807) is 42.5 Å². The van der Waals surface area contributed by atoms with Crippen LogP contribution < -0.4 is 9.47 Å². The molecule has 1 aliphatic rings. The molecule has 1 fully saturated rings. The third kappa shape index (κ3) is 4.60. The molecule has 7 heteroatoms. The van der Waals surface area contributed by atoms with Gasteiger partial charge in [0.05, 0.1) is 13.3 Å². The van der Waals surface area contributed by atoms with Gasteiger partial charge >= 0.3 is 0 Å². The first-order chi connectivity index (χ1) is 14.6. The summed E-state index contributed by atoms with van der Waals surface area (Å²) in [5.74, 6) is 2.57. The highest BCUT2D eigenvalue weighted by atomic mass is 35.5. The Morgan fingerprint density at radius 1 is 1.20 bits per heavy atom. The molecule has 1 aliphatic heterocycles. The van der Waals surface area contributed by atoms with Crippen molar-refractivity contribution < 1.29 is 18.7 Å². The van der Waals surface area contributed by atoms with E-state index in [9.17, 15) is 4.79 Å². The number of amides is 1. The highest BCUT2D eigenvalue weighted by molar-refractivity contribution is 6.31. The van der Waals surface area contributed by atoms with Crippen LogP contribution in [0, 0.1) is 0 Å². The van der Waals surface area contributed by atoms with Gasteiger partial charge in [-0.1, -0.05) is 29.8 Å². The fraction of sp³-hybridized carbons (Fsp3) is 0.304. The summed E-state index contributed by atoms with van der Waals surface area (Å²) in [7, 11) is 1.61. The number of likely N-dealkylation sites (tertiary alicyclic amines) is 1. The van der Waals surface area contributed by atoms with Crippen molar-refractivity contribution in [3.63, 3.8) is 0 Å². The molecule has 1 amide bonds. The Kier molecular flexibility index (Phi) is 6.23. The standard InChI is InChI=1S/C23H23ClN2O4/c1-28-17-8-10-18(11-9-17)29-15-22(27)26-12-4-7-21(26)23-25-14-19(30-23)13-16-5-2-3-6-20(16)24/h2-3,5-6,8-11,14,21H,4,7,12-13,15H2,1H3/t21-/m1/s1. The molecule has 0 spiro atoms. The van der Waals surface area contributed by atoms with E-state index in [1.165, 1.54) is 0 Å². The fourth-order valence-corrected chi connectivity index (χ4v) is 3.81. The molecule has 0 unspecified atom stereocenters. The minimum Gasteiger partial charge on any atom is -0.497 e. The molecule has 30 heavy (non-hydrogen) atoms. The van der Waals surface area contributed by atoms with Crippen LogP contribution in [0.2, 0.25) is 5.02 Å². The SMILES string of the molecule is COc1ccc(OCC(=O)N2CCC[C@@H]2c2ncc(Cc3ccccc3Cl)o2)cc1. The van der Waals surface area contributed by atoms with Crippen molar-refractivity contribution in [1.29, 1.82) is 0 Å². The van der Waals surface area contributed by atoms with E-state index >= 15 is 0 Å². The lowest BCUT2D eigenvalue weighted by Crippen LogP contribution is -2.34. The molecular formula is C23H23ClN2O4. The number of hydrogen-bond acceptors (Lipinski definition) is 5. The third-order valence-electron chi connectivity index (χ3n) is 5.17. The fourth-order valence-electron chi connectivity index (χ4n) is 3.61. The van der Waals surface area contributed by atoms with Crippen LogP contribution in [0.25, 0.3) is 0 Å². The van der Waals surface area contributed by atoms with E-state index in [4.69, 9.17) is 25.5 Å². The average molecular weight is 427 g/mol. The number of nitrogens with zero attached hydrogens (tertiary/aromatic N) is 2. The molecular weight excluding hydrogens is 404 g/mol. The van der Waals surface area contributed by atoms with E-state index < -0.39 is 0 Å². The molecule has 0 bridgehead atoms. The van der Waals surface area contributed by atoms with Gasteiger partial charge in [-0.3, -0.25) is 4.79 Å². The van der Waals surface area contributed by atoms with Crippen molar-refractivity contribution in [2.24, 2.45) is 0 Å². The zero-order chi connectivity index (χ0) is 20.9. The van der Waals surface area contributed by atoms with Crippen LogP contribution in [-0.2, 0) is 11.2 Å². The molecule has 1 saturated heterocycles. The van der Waals surface area contributed by atoms with Crippen LogP contribution in [0.1, 0.15) is 36.1 Å². The second-order valence-electron chi connectivity index (χ2n) is 7.14. The van der Waals surface area contributed by atoms with Gasteiger partial charge in [-0.05, 0) is 48.7 Å². The average Bonchev–Trinajstić information content (AvgIpc) is 3.43. The first-order valence-electron chi connectivity index (χ1n) is 9.88. The summed E-state index contributed by atoms with van der Waals surface area (Å²) < 4.78 is 16.8. The zero-order valence-corrected chi connectivity index (χ0v) is 17.5. The summed E-state index contributed by atoms with van der Waals surface area (Å²) in [6.45, 7) is 0.633. The number of carbonyl (C=O) groups is 1. The maximum absolute atomic E-state index is 12.8. The number of hydrogen-bond donors (Lipinski definition) is 0. The summed E-state index contributed by atoms with van der Waals surface area (Å²) in [4.78, 5) is 19.0. The minimum absolute atomic E-state index is 0.0317. The van der Waals surface area contributed by atoms with Crippen molar-refractivity contribution >= 4 is 17.5 Å². The first-order valence-corrected chi connectivity index (χ1v) is 10.3. The third-order valence-corrected chi connectivity index (χ3v) is 5.54. The molecule has 0 N–H and O–H groups in total. The van der Waals surface area contributed by atoms with Crippen LogP contribution in [0.5, 0.6) is 11.5 Å². The summed E-state index contributed by atoms with van der Waals surface area (Å²) in [5, 5.41) is 0.698. The van der Waals surface area contributed by atoms with Gasteiger partial charge in [0.25, 0.3) is 5.91 Å². The Morgan fingerprint density at radius 3 is 2.73 bits per heavy atom. The lowest BCUT2D eigenvalue weighted by atomic mass is 10.1. The monoisotopic (exact) mass is 426 g/mol. The molecule has 6 nitrogen and oxygen atoms in total. The van der Waals surface area contributed by atoms with Crippen LogP contribution in [-0.4, -0.2) is 36.1 Å². The van der Waals surface area contributed by atoms with Gasteiger partial charge < -0.3 is 18.8 Å². The second-order valence-corrected chi connectivity index (χ2v) is 7.55. The van der Waals surface area contributed by atoms with Gasteiger partial charge in [-0.2, -0.15) is 0 Å². The highest BCUT2D eigenvalue weighted by Crippen LogP contribution is 2.32. The van der Waals surface area contributed by atoms with E-state index in [-0.39, 0.29) is 18.6 Å². The van der Waals surface area contributed by atoms with Crippen molar-refractivity contribution in [3.8, 4) is 11.5 Å². The van der Waals surface area contributed by atoms with Gasteiger partial charge in [-0.15, -0.1) is 0 Å². The van der Waals surface area contributed by atoms with Gasteiger partial charge in [0.1, 0.15) is 23.3 Å². The Labute approximate surface area is 180 Å². The predicted molar refractivity (Wildman–Crippen MR) is 113 cm³/mol. The quantitative estimate of drug-likeness (QED) is 0.549. The van der Waals surface area contributed by atoms with Crippen molar-refractivity contribution in [1.82, 2.24) is 9.88 Å². The van der Waals surface area contributed by atoms with Crippen molar-refractivity contribution in [2.75, 3.05) is 20.3 Å².